The first-order valence-electron chi connectivity index (χ1n) is 11.6. The number of benzene rings is 3. The minimum absolute atomic E-state index is 0.0230. The topological polar surface area (TPSA) is 89.5 Å². The van der Waals surface area contributed by atoms with E-state index in [0.29, 0.717) is 23.6 Å². The summed E-state index contributed by atoms with van der Waals surface area (Å²) in [5.74, 6) is 1.32. The highest BCUT2D eigenvalue weighted by Crippen LogP contribution is 2.34. The van der Waals surface area contributed by atoms with Crippen molar-refractivity contribution < 1.29 is 23.8 Å². The van der Waals surface area contributed by atoms with Crippen molar-refractivity contribution in [1.29, 1.82) is 0 Å². The smallest absolute Gasteiger partial charge is 0.243 e. The molecule has 0 saturated carbocycles. The van der Waals surface area contributed by atoms with Crippen LogP contribution in [0.25, 0.3) is 0 Å². The van der Waals surface area contributed by atoms with Crippen molar-refractivity contribution in [2.45, 2.75) is 25.3 Å². The van der Waals surface area contributed by atoms with E-state index in [4.69, 9.17) is 14.2 Å². The molecule has 4 rings (SSSR count). The van der Waals surface area contributed by atoms with Gasteiger partial charge in [0.05, 0.1) is 33.1 Å². The van der Waals surface area contributed by atoms with Crippen LogP contribution in [0.15, 0.2) is 77.9 Å². The van der Waals surface area contributed by atoms with Crippen molar-refractivity contribution in [3.8, 4) is 17.2 Å². The van der Waals surface area contributed by atoms with Gasteiger partial charge < -0.3 is 19.5 Å². The zero-order valence-electron chi connectivity index (χ0n) is 20.6. The molecule has 1 aliphatic rings. The zero-order valence-corrected chi connectivity index (χ0v) is 20.6. The Balaban J connectivity index is 1.46. The van der Waals surface area contributed by atoms with Crippen LogP contribution in [0.4, 0.5) is 5.69 Å². The standard InChI is InChI=1S/C28H29N3O5/c1-34-22-12-9-20(10-13-22)24-18-23(19-7-5-4-6-8-19)30-31(24)28(33)16-15-27(32)29-21-11-14-25(35-2)26(17-21)36-3/h4-14,17,24H,15-16,18H2,1-3H3,(H,29,32). The van der Waals surface area contributed by atoms with Crippen LogP contribution in [-0.2, 0) is 9.59 Å². The molecular formula is C28H29N3O5. The molecule has 1 aliphatic heterocycles. The Morgan fingerprint density at radius 3 is 2.28 bits per heavy atom. The van der Waals surface area contributed by atoms with E-state index >= 15 is 0 Å². The van der Waals surface area contributed by atoms with E-state index in [2.05, 4.69) is 10.4 Å². The first-order valence-corrected chi connectivity index (χ1v) is 11.6. The number of ether oxygens (including phenoxy) is 3. The largest absolute Gasteiger partial charge is 0.497 e. The Morgan fingerprint density at radius 2 is 1.61 bits per heavy atom. The Morgan fingerprint density at radius 1 is 0.889 bits per heavy atom. The lowest BCUT2D eigenvalue weighted by atomic mass is 9.98. The van der Waals surface area contributed by atoms with Gasteiger partial charge in [0.1, 0.15) is 5.75 Å². The molecule has 1 heterocycles. The maximum absolute atomic E-state index is 13.2. The SMILES string of the molecule is COc1ccc(C2CC(c3ccccc3)=NN2C(=O)CCC(=O)Nc2ccc(OC)c(OC)c2)cc1. The Hall–Kier alpha value is -4.33. The lowest BCUT2D eigenvalue weighted by Crippen LogP contribution is -2.28. The number of hydrogen-bond donors (Lipinski definition) is 1. The van der Waals surface area contributed by atoms with E-state index in [1.807, 2.05) is 54.6 Å². The monoisotopic (exact) mass is 487 g/mol. The zero-order chi connectivity index (χ0) is 25.5. The van der Waals surface area contributed by atoms with Crippen molar-refractivity contribution in [3.63, 3.8) is 0 Å². The van der Waals surface area contributed by atoms with E-state index in [1.54, 1.807) is 32.4 Å². The van der Waals surface area contributed by atoms with Gasteiger partial charge in [-0.3, -0.25) is 9.59 Å². The summed E-state index contributed by atoms with van der Waals surface area (Å²) in [6, 6.07) is 22.3. The fraction of sp³-hybridized carbons (Fsp3) is 0.250. The highest BCUT2D eigenvalue weighted by atomic mass is 16.5. The van der Waals surface area contributed by atoms with Crippen molar-refractivity contribution in [2.24, 2.45) is 5.10 Å². The molecule has 0 bridgehead atoms. The fourth-order valence-corrected chi connectivity index (χ4v) is 4.10. The summed E-state index contributed by atoms with van der Waals surface area (Å²) in [4.78, 5) is 25.8. The molecule has 0 aromatic heterocycles. The van der Waals surface area contributed by atoms with Crippen LogP contribution in [0, 0.1) is 0 Å². The van der Waals surface area contributed by atoms with Gasteiger partial charge in [-0.05, 0) is 35.4 Å². The number of anilines is 1. The summed E-state index contributed by atoms with van der Waals surface area (Å²) in [5.41, 5.74) is 3.32. The number of nitrogens with zero attached hydrogens (tertiary/aromatic N) is 2. The number of amides is 2. The minimum Gasteiger partial charge on any atom is -0.497 e. The highest BCUT2D eigenvalue weighted by Gasteiger charge is 2.33. The third-order valence-electron chi connectivity index (χ3n) is 6.01. The molecule has 0 saturated heterocycles. The minimum atomic E-state index is -0.275. The second-order valence-electron chi connectivity index (χ2n) is 8.26. The van der Waals surface area contributed by atoms with Gasteiger partial charge in [0.2, 0.25) is 11.8 Å². The van der Waals surface area contributed by atoms with E-state index < -0.39 is 0 Å². The third kappa shape index (κ3) is 5.66. The number of carbonyl (C=O) groups excluding carboxylic acids is 2. The average molecular weight is 488 g/mol. The molecule has 0 fully saturated rings. The van der Waals surface area contributed by atoms with Crippen molar-refractivity contribution in [3.05, 3.63) is 83.9 Å². The van der Waals surface area contributed by atoms with Crippen LogP contribution in [0.3, 0.4) is 0 Å². The maximum Gasteiger partial charge on any atom is 0.243 e. The van der Waals surface area contributed by atoms with Gasteiger partial charge in [0.15, 0.2) is 11.5 Å². The summed E-state index contributed by atoms with van der Waals surface area (Å²) >= 11 is 0. The van der Waals surface area contributed by atoms with E-state index in [0.717, 1.165) is 22.6 Å². The number of rotatable bonds is 9. The molecule has 0 radical (unpaired) electrons. The van der Waals surface area contributed by atoms with Crippen LogP contribution in [0.2, 0.25) is 0 Å². The molecular weight excluding hydrogens is 458 g/mol. The molecule has 8 nitrogen and oxygen atoms in total. The third-order valence-corrected chi connectivity index (χ3v) is 6.01. The molecule has 1 atom stereocenters. The second-order valence-corrected chi connectivity index (χ2v) is 8.26. The van der Waals surface area contributed by atoms with Crippen LogP contribution >= 0.6 is 0 Å². The molecule has 0 spiro atoms. The summed E-state index contributed by atoms with van der Waals surface area (Å²) in [5, 5.41) is 8.99. The molecule has 36 heavy (non-hydrogen) atoms. The maximum atomic E-state index is 13.2. The number of nitrogens with one attached hydrogen (secondary N) is 1. The first-order chi connectivity index (χ1) is 17.5. The number of carbonyl (C=O) groups is 2. The predicted molar refractivity (Wildman–Crippen MR) is 138 cm³/mol. The molecule has 186 valence electrons. The van der Waals surface area contributed by atoms with Crippen LogP contribution in [-0.4, -0.2) is 43.9 Å². The summed E-state index contributed by atoms with van der Waals surface area (Å²) < 4.78 is 15.8. The van der Waals surface area contributed by atoms with Crippen molar-refractivity contribution in [1.82, 2.24) is 5.01 Å². The Bertz CT molecular complexity index is 1240. The summed E-state index contributed by atoms with van der Waals surface area (Å²) in [6.07, 6.45) is 0.631. The molecule has 1 N–H and O–H groups in total. The van der Waals surface area contributed by atoms with Gasteiger partial charge >= 0.3 is 0 Å². The van der Waals surface area contributed by atoms with E-state index in [-0.39, 0.29) is 30.7 Å². The highest BCUT2D eigenvalue weighted by molar-refractivity contribution is 6.03. The van der Waals surface area contributed by atoms with E-state index in [9.17, 15) is 9.59 Å². The normalized spacial score (nSPS) is 14.7. The van der Waals surface area contributed by atoms with Crippen LogP contribution in [0.1, 0.15) is 36.4 Å². The molecule has 8 heteroatoms. The van der Waals surface area contributed by atoms with E-state index in [1.165, 1.54) is 12.1 Å². The molecule has 1 unspecified atom stereocenters. The summed E-state index contributed by atoms with van der Waals surface area (Å²) in [7, 11) is 4.69. The van der Waals surface area contributed by atoms with Gasteiger partial charge in [-0.1, -0.05) is 42.5 Å². The number of hydrazone groups is 1. The van der Waals surface area contributed by atoms with Crippen LogP contribution in [0.5, 0.6) is 17.2 Å². The van der Waals surface area contributed by atoms with Gasteiger partial charge in [-0.2, -0.15) is 5.10 Å². The molecule has 2 amide bonds. The second kappa shape index (κ2) is 11.4. The van der Waals surface area contributed by atoms with Gasteiger partial charge in [-0.15, -0.1) is 0 Å². The molecule has 0 aliphatic carbocycles. The Labute approximate surface area is 210 Å². The molecule has 3 aromatic carbocycles. The van der Waals surface area contributed by atoms with Crippen LogP contribution < -0.4 is 19.5 Å². The summed E-state index contributed by atoms with van der Waals surface area (Å²) in [6.45, 7) is 0. The lowest BCUT2D eigenvalue weighted by Gasteiger charge is -2.22. The van der Waals surface area contributed by atoms with Crippen molar-refractivity contribution >= 4 is 23.2 Å². The fourth-order valence-electron chi connectivity index (χ4n) is 4.10. The average Bonchev–Trinajstić information content (AvgIpc) is 3.38. The number of hydrogen-bond acceptors (Lipinski definition) is 6. The first kappa shape index (κ1) is 24.8. The quantitative estimate of drug-likeness (QED) is 0.468. The van der Waals surface area contributed by atoms with Gasteiger partial charge in [0, 0.05) is 31.0 Å². The molecule has 3 aromatic rings. The lowest BCUT2D eigenvalue weighted by molar-refractivity contribution is -0.134. The van der Waals surface area contributed by atoms with Gasteiger partial charge in [-0.25, -0.2) is 5.01 Å². The number of methoxy groups -OCH3 is 3. The predicted octanol–water partition coefficient (Wildman–Crippen LogP) is 4.81. The van der Waals surface area contributed by atoms with Crippen molar-refractivity contribution in [2.75, 3.05) is 26.6 Å². The van der Waals surface area contributed by atoms with Gasteiger partial charge in [0.25, 0.3) is 0 Å². The Kier molecular flexibility index (Phi) is 7.85.